The van der Waals surface area contributed by atoms with Gasteiger partial charge in [0, 0.05) is 67.5 Å². The molecule has 0 radical (unpaired) electrons. The van der Waals surface area contributed by atoms with Crippen LogP contribution in [0.2, 0.25) is 0 Å². The summed E-state index contributed by atoms with van der Waals surface area (Å²) in [5.41, 5.74) is -0.893. The summed E-state index contributed by atoms with van der Waals surface area (Å²) in [5.74, 6) is -1.49. The molecule has 9 nitrogen and oxygen atoms in total. The van der Waals surface area contributed by atoms with Crippen LogP contribution in [0.4, 0.5) is 42.1 Å². The Morgan fingerprint density at radius 1 is 0.935 bits per heavy atom. The van der Waals surface area contributed by atoms with E-state index in [1.807, 2.05) is 11.9 Å². The highest BCUT2D eigenvalue weighted by Crippen LogP contribution is 2.36. The van der Waals surface area contributed by atoms with Gasteiger partial charge in [0.05, 0.1) is 22.5 Å². The number of aromatic nitrogens is 3. The molecule has 1 saturated heterocycles. The van der Waals surface area contributed by atoms with Gasteiger partial charge in [0.1, 0.15) is 5.82 Å². The smallest absolute Gasteiger partial charge is 0.422 e. The van der Waals surface area contributed by atoms with E-state index in [1.165, 1.54) is 12.1 Å². The van der Waals surface area contributed by atoms with E-state index in [0.717, 1.165) is 48.9 Å². The van der Waals surface area contributed by atoms with E-state index >= 15 is 4.39 Å². The van der Waals surface area contributed by atoms with Gasteiger partial charge < -0.3 is 24.8 Å². The molecule has 0 bridgehead atoms. The maximum atomic E-state index is 15.6. The third kappa shape index (κ3) is 7.62. The summed E-state index contributed by atoms with van der Waals surface area (Å²) in [7, 11) is 1.92. The van der Waals surface area contributed by atoms with Gasteiger partial charge in [-0.15, -0.1) is 0 Å². The number of hydrogen-bond donors (Lipinski definition) is 2. The van der Waals surface area contributed by atoms with Crippen molar-refractivity contribution < 1.29 is 40.3 Å². The standard InChI is InChI=1S/C30H25F7N6O3/c1-42-6-8-43(9-7-42)25-12-23(31)21(18-13-39-28(40-14-18)46-16-29(32,33)34)10-24(25)41-27(45)22-15-38-26(44)11-20(22)17-2-4-19(5-3-17)30(35,36)37/h2-5,10-15H,6-9,16H2,1H3,(H,38,44)(H,41,45). The molecule has 0 spiro atoms. The number of carbonyl (C=O) groups excluding carboxylic acids is 1. The van der Waals surface area contributed by atoms with Gasteiger partial charge in [-0.25, -0.2) is 14.4 Å². The molecule has 2 N–H and O–H groups in total. The molecule has 3 heterocycles. The Kier molecular flexibility index (Phi) is 9.01. The highest BCUT2D eigenvalue weighted by molar-refractivity contribution is 6.10. The molecule has 0 atom stereocenters. The van der Waals surface area contributed by atoms with Crippen molar-refractivity contribution in [1.82, 2.24) is 19.9 Å². The van der Waals surface area contributed by atoms with Crippen molar-refractivity contribution in [2.75, 3.05) is 50.1 Å². The molecule has 0 saturated carbocycles. The second-order valence-corrected chi connectivity index (χ2v) is 10.5. The van der Waals surface area contributed by atoms with Crippen LogP contribution in [0.25, 0.3) is 22.3 Å². The molecule has 1 amide bonds. The van der Waals surface area contributed by atoms with E-state index in [0.29, 0.717) is 31.9 Å². The average Bonchev–Trinajstić information content (AvgIpc) is 3.00. The number of rotatable bonds is 7. The van der Waals surface area contributed by atoms with Crippen molar-refractivity contribution in [2.45, 2.75) is 12.4 Å². The minimum Gasteiger partial charge on any atom is -0.454 e. The van der Waals surface area contributed by atoms with E-state index in [1.54, 1.807) is 0 Å². The van der Waals surface area contributed by atoms with Gasteiger partial charge in [-0.2, -0.15) is 26.3 Å². The fourth-order valence-electron chi connectivity index (χ4n) is 4.80. The molecule has 242 valence electrons. The fourth-order valence-corrected chi connectivity index (χ4v) is 4.80. The van der Waals surface area contributed by atoms with Gasteiger partial charge in [-0.3, -0.25) is 9.59 Å². The fraction of sp³-hybridized carbons (Fsp3) is 0.267. The molecule has 2 aromatic heterocycles. The molecular weight excluding hydrogens is 625 g/mol. The topological polar surface area (TPSA) is 103 Å². The van der Waals surface area contributed by atoms with Crippen molar-refractivity contribution in [2.24, 2.45) is 0 Å². The van der Waals surface area contributed by atoms with Gasteiger partial charge in [0.2, 0.25) is 5.56 Å². The molecule has 4 aromatic rings. The zero-order chi connectivity index (χ0) is 33.2. The third-order valence-corrected chi connectivity index (χ3v) is 7.17. The second kappa shape index (κ2) is 12.8. The van der Waals surface area contributed by atoms with Crippen LogP contribution < -0.4 is 20.5 Å². The van der Waals surface area contributed by atoms with E-state index < -0.39 is 47.8 Å². The molecule has 5 rings (SSSR count). The maximum absolute atomic E-state index is 15.6. The largest absolute Gasteiger partial charge is 0.454 e. The van der Waals surface area contributed by atoms with Crippen LogP contribution in [0.15, 0.2) is 65.8 Å². The van der Waals surface area contributed by atoms with Crippen LogP contribution in [0, 0.1) is 5.82 Å². The summed E-state index contributed by atoms with van der Waals surface area (Å²) in [6.07, 6.45) is -5.93. The first-order valence-corrected chi connectivity index (χ1v) is 13.7. The number of anilines is 2. The minimum atomic E-state index is -4.61. The lowest BCUT2D eigenvalue weighted by atomic mass is 9.99. The van der Waals surface area contributed by atoms with Crippen molar-refractivity contribution in [3.63, 3.8) is 0 Å². The van der Waals surface area contributed by atoms with Crippen molar-refractivity contribution >= 4 is 17.3 Å². The van der Waals surface area contributed by atoms with Crippen LogP contribution in [0.5, 0.6) is 6.01 Å². The van der Waals surface area contributed by atoms with Gasteiger partial charge in [0.15, 0.2) is 6.61 Å². The van der Waals surface area contributed by atoms with Crippen LogP contribution in [0.1, 0.15) is 15.9 Å². The van der Waals surface area contributed by atoms with Crippen molar-refractivity contribution in [1.29, 1.82) is 0 Å². The number of nitrogens with zero attached hydrogens (tertiary/aromatic N) is 4. The SMILES string of the molecule is CN1CCN(c2cc(F)c(-c3cnc(OCC(F)(F)F)nc3)cc2NC(=O)c2c[nH]c(=O)cc2-c2ccc(C(F)(F)F)cc2)CC1. The summed E-state index contributed by atoms with van der Waals surface area (Å²) in [6.45, 7) is 0.643. The first kappa shape index (κ1) is 32.4. The van der Waals surface area contributed by atoms with Crippen molar-refractivity contribution in [3.05, 3.63) is 88.4 Å². The molecule has 1 aliphatic heterocycles. The lowest BCUT2D eigenvalue weighted by Gasteiger charge is -2.35. The Morgan fingerprint density at radius 3 is 2.20 bits per heavy atom. The summed E-state index contributed by atoms with van der Waals surface area (Å²) in [5, 5.41) is 2.73. The monoisotopic (exact) mass is 650 g/mol. The highest BCUT2D eigenvalue weighted by atomic mass is 19.4. The van der Waals surface area contributed by atoms with Crippen molar-refractivity contribution in [3.8, 4) is 28.3 Å². The zero-order valence-corrected chi connectivity index (χ0v) is 24.0. The minimum absolute atomic E-state index is 0.0568. The normalized spacial score (nSPS) is 14.3. The summed E-state index contributed by atoms with van der Waals surface area (Å²) < 4.78 is 96.9. The molecule has 1 aliphatic rings. The number of hydrogen-bond acceptors (Lipinski definition) is 7. The van der Waals surface area contributed by atoms with E-state index in [9.17, 15) is 35.9 Å². The average molecular weight is 651 g/mol. The van der Waals surface area contributed by atoms with Gasteiger partial charge in [-0.05, 0) is 36.9 Å². The van der Waals surface area contributed by atoms with Crippen LogP contribution in [-0.2, 0) is 6.18 Å². The Morgan fingerprint density at radius 2 is 1.59 bits per heavy atom. The molecule has 0 unspecified atom stereocenters. The number of alkyl halides is 6. The van der Waals surface area contributed by atoms with Crippen LogP contribution in [0.3, 0.4) is 0 Å². The number of halogens is 7. The maximum Gasteiger partial charge on any atom is 0.422 e. The highest BCUT2D eigenvalue weighted by Gasteiger charge is 2.31. The summed E-state index contributed by atoms with van der Waals surface area (Å²) in [4.78, 5) is 39.6. The second-order valence-electron chi connectivity index (χ2n) is 10.5. The number of carbonyl (C=O) groups is 1. The molecule has 1 fully saturated rings. The first-order valence-electron chi connectivity index (χ1n) is 13.7. The van der Waals surface area contributed by atoms with Crippen LogP contribution in [-0.4, -0.2) is 71.8 Å². The number of pyridine rings is 1. The number of benzene rings is 2. The molecule has 46 heavy (non-hydrogen) atoms. The Labute approximate surface area is 256 Å². The number of nitrogens with one attached hydrogen (secondary N) is 2. The van der Waals surface area contributed by atoms with E-state index in [2.05, 4.69) is 29.9 Å². The van der Waals surface area contributed by atoms with E-state index in [4.69, 9.17) is 0 Å². The van der Waals surface area contributed by atoms with Crippen LogP contribution >= 0.6 is 0 Å². The number of aromatic amines is 1. The Hall–Kier alpha value is -4.99. The predicted molar refractivity (Wildman–Crippen MR) is 154 cm³/mol. The quantitative estimate of drug-likeness (QED) is 0.251. The number of amides is 1. The number of ether oxygens (including phenoxy) is 1. The Bertz CT molecular complexity index is 1770. The summed E-state index contributed by atoms with van der Waals surface area (Å²) >= 11 is 0. The number of piperazine rings is 1. The van der Waals surface area contributed by atoms with Gasteiger partial charge in [0.25, 0.3) is 5.91 Å². The zero-order valence-electron chi connectivity index (χ0n) is 24.0. The predicted octanol–water partition coefficient (Wildman–Crippen LogP) is 5.60. The molecular formula is C30H25F7N6O3. The lowest BCUT2D eigenvalue weighted by Crippen LogP contribution is -2.44. The summed E-state index contributed by atoms with van der Waals surface area (Å²) in [6, 6.07) is 6.97. The number of H-pyrrole nitrogens is 1. The molecule has 0 aliphatic carbocycles. The van der Waals surface area contributed by atoms with Gasteiger partial charge >= 0.3 is 18.4 Å². The molecule has 16 heteroatoms. The molecule has 2 aromatic carbocycles. The third-order valence-electron chi connectivity index (χ3n) is 7.17. The Balaban J connectivity index is 1.51. The first-order chi connectivity index (χ1) is 21.7. The van der Waals surface area contributed by atoms with Gasteiger partial charge in [-0.1, -0.05) is 12.1 Å². The van der Waals surface area contributed by atoms with E-state index in [-0.39, 0.29) is 33.5 Å². The lowest BCUT2D eigenvalue weighted by molar-refractivity contribution is -0.154. The number of likely N-dealkylation sites (N-methyl/N-ethyl adjacent to an activating group) is 1.